The summed E-state index contributed by atoms with van der Waals surface area (Å²) >= 11 is 0. The summed E-state index contributed by atoms with van der Waals surface area (Å²) in [5, 5.41) is 54.6. The van der Waals surface area contributed by atoms with Crippen molar-refractivity contribution < 1.29 is 39.8 Å². The first-order valence-corrected chi connectivity index (χ1v) is 30.7. The molecule has 71 heavy (non-hydrogen) atoms. The van der Waals surface area contributed by atoms with Gasteiger partial charge in [-0.2, -0.15) is 0 Å². The van der Waals surface area contributed by atoms with E-state index in [0.29, 0.717) is 6.42 Å². The molecule has 7 atom stereocenters. The summed E-state index contributed by atoms with van der Waals surface area (Å²) < 4.78 is 11.3. The van der Waals surface area contributed by atoms with Gasteiger partial charge in [0.25, 0.3) is 0 Å². The van der Waals surface area contributed by atoms with E-state index in [4.69, 9.17) is 9.47 Å². The zero-order valence-electron chi connectivity index (χ0n) is 46.5. The molecule has 0 aliphatic carbocycles. The molecule has 0 aromatic carbocycles. The molecule has 1 heterocycles. The molecular formula is C62H117NO8. The van der Waals surface area contributed by atoms with E-state index in [9.17, 15) is 30.3 Å². The molecule has 1 saturated heterocycles. The maximum absolute atomic E-state index is 13.1. The van der Waals surface area contributed by atoms with Crippen LogP contribution in [0.2, 0.25) is 0 Å². The van der Waals surface area contributed by atoms with Crippen molar-refractivity contribution in [1.29, 1.82) is 0 Å². The lowest BCUT2D eigenvalue weighted by atomic mass is 9.99. The molecule has 1 amide bonds. The van der Waals surface area contributed by atoms with Crippen LogP contribution >= 0.6 is 0 Å². The van der Waals surface area contributed by atoms with E-state index in [0.717, 1.165) is 38.5 Å². The fourth-order valence-corrected chi connectivity index (χ4v) is 9.82. The van der Waals surface area contributed by atoms with Gasteiger partial charge in [-0.15, -0.1) is 0 Å². The quantitative estimate of drug-likeness (QED) is 0.0261. The summed E-state index contributed by atoms with van der Waals surface area (Å²) in [5.41, 5.74) is 0. The average molecular weight is 1000 g/mol. The van der Waals surface area contributed by atoms with Gasteiger partial charge >= 0.3 is 0 Å². The molecule has 1 aliphatic heterocycles. The second-order valence-corrected chi connectivity index (χ2v) is 21.5. The third-order valence-corrected chi connectivity index (χ3v) is 14.7. The van der Waals surface area contributed by atoms with Crippen LogP contribution in [0.3, 0.4) is 0 Å². The molecule has 0 radical (unpaired) electrons. The molecule has 0 saturated carbocycles. The number of hydrogen-bond acceptors (Lipinski definition) is 8. The SMILES string of the molecule is CCCCCCCCCCCCCC/C=C\CCCCCCCCCCC(=O)NC(COC1OC(CO)C(O)C(O)C1O)C(O)/C=C/CC/C=C/CCCCCCCCCCCCCCCCCCCC. The summed E-state index contributed by atoms with van der Waals surface area (Å²) in [6.45, 7) is 3.80. The van der Waals surface area contributed by atoms with Crippen molar-refractivity contribution in [2.45, 2.75) is 339 Å². The zero-order chi connectivity index (χ0) is 51.5. The molecule has 1 aliphatic rings. The molecule has 0 aromatic heterocycles. The van der Waals surface area contributed by atoms with E-state index in [2.05, 4.69) is 43.5 Å². The van der Waals surface area contributed by atoms with Crippen LogP contribution in [0.5, 0.6) is 0 Å². The molecule has 418 valence electrons. The molecule has 1 rings (SSSR count). The Kier molecular flexibility index (Phi) is 49.3. The Morgan fingerprint density at radius 3 is 1.18 bits per heavy atom. The number of nitrogens with one attached hydrogen (secondary N) is 1. The first kappa shape index (κ1) is 67.4. The molecule has 6 N–H and O–H groups in total. The first-order chi connectivity index (χ1) is 34.8. The highest BCUT2D eigenvalue weighted by atomic mass is 16.7. The highest BCUT2D eigenvalue weighted by Crippen LogP contribution is 2.23. The molecule has 9 nitrogen and oxygen atoms in total. The van der Waals surface area contributed by atoms with Gasteiger partial charge in [-0.3, -0.25) is 4.79 Å². The van der Waals surface area contributed by atoms with Crippen molar-refractivity contribution in [2.24, 2.45) is 0 Å². The molecule has 9 heteroatoms. The maximum atomic E-state index is 13.1. The highest BCUT2D eigenvalue weighted by Gasteiger charge is 2.44. The molecule has 0 bridgehead atoms. The minimum atomic E-state index is -1.57. The lowest BCUT2D eigenvalue weighted by Crippen LogP contribution is -2.60. The maximum Gasteiger partial charge on any atom is 0.220 e. The van der Waals surface area contributed by atoms with Crippen LogP contribution in [0.25, 0.3) is 0 Å². The highest BCUT2D eigenvalue weighted by molar-refractivity contribution is 5.76. The van der Waals surface area contributed by atoms with Gasteiger partial charge in [0.1, 0.15) is 24.4 Å². The van der Waals surface area contributed by atoms with E-state index in [1.54, 1.807) is 6.08 Å². The smallest absolute Gasteiger partial charge is 0.220 e. The van der Waals surface area contributed by atoms with Gasteiger partial charge < -0.3 is 40.3 Å². The molecule has 1 fully saturated rings. The van der Waals surface area contributed by atoms with Crippen molar-refractivity contribution in [3.63, 3.8) is 0 Å². The van der Waals surface area contributed by atoms with Gasteiger partial charge in [-0.05, 0) is 57.8 Å². The van der Waals surface area contributed by atoms with E-state index in [1.165, 1.54) is 238 Å². The zero-order valence-corrected chi connectivity index (χ0v) is 46.5. The number of unbranched alkanes of at least 4 members (excludes halogenated alkanes) is 39. The van der Waals surface area contributed by atoms with Crippen molar-refractivity contribution >= 4 is 5.91 Å². The molecular weight excluding hydrogens is 887 g/mol. The van der Waals surface area contributed by atoms with E-state index in [-0.39, 0.29) is 12.5 Å². The summed E-state index contributed by atoms with van der Waals surface area (Å²) in [5.74, 6) is -0.186. The lowest BCUT2D eigenvalue weighted by Gasteiger charge is -2.40. The number of carbonyl (C=O) groups excluding carboxylic acids is 1. The average Bonchev–Trinajstić information content (AvgIpc) is 3.37. The second kappa shape index (κ2) is 51.9. The normalized spacial score (nSPS) is 19.5. The van der Waals surface area contributed by atoms with Crippen LogP contribution in [0.4, 0.5) is 0 Å². The number of aliphatic hydroxyl groups excluding tert-OH is 5. The van der Waals surface area contributed by atoms with Gasteiger partial charge in [-0.25, -0.2) is 0 Å². The Hall–Kier alpha value is -1.59. The van der Waals surface area contributed by atoms with Crippen LogP contribution in [0.15, 0.2) is 36.5 Å². The fraction of sp³-hybridized carbons (Fsp3) is 0.887. The van der Waals surface area contributed by atoms with E-state index >= 15 is 0 Å². The number of carbonyl (C=O) groups is 1. The van der Waals surface area contributed by atoms with Crippen LogP contribution < -0.4 is 5.32 Å². The van der Waals surface area contributed by atoms with Gasteiger partial charge in [0, 0.05) is 6.42 Å². The van der Waals surface area contributed by atoms with Crippen molar-refractivity contribution in [3.05, 3.63) is 36.5 Å². The predicted molar refractivity (Wildman–Crippen MR) is 300 cm³/mol. The summed E-state index contributed by atoms with van der Waals surface area (Å²) in [7, 11) is 0. The topological polar surface area (TPSA) is 149 Å². The molecule has 7 unspecified atom stereocenters. The van der Waals surface area contributed by atoms with Crippen molar-refractivity contribution in [3.8, 4) is 0 Å². The van der Waals surface area contributed by atoms with Gasteiger partial charge in [0.15, 0.2) is 6.29 Å². The number of ether oxygens (including phenoxy) is 2. The Bertz CT molecular complexity index is 1210. The number of allylic oxidation sites excluding steroid dienone is 5. The van der Waals surface area contributed by atoms with Crippen molar-refractivity contribution in [1.82, 2.24) is 5.32 Å². The lowest BCUT2D eigenvalue weighted by molar-refractivity contribution is -0.302. The van der Waals surface area contributed by atoms with Gasteiger partial charge in [0.05, 0.1) is 25.4 Å². The van der Waals surface area contributed by atoms with Crippen molar-refractivity contribution in [2.75, 3.05) is 13.2 Å². The summed E-state index contributed by atoms with van der Waals surface area (Å²) in [4.78, 5) is 13.1. The van der Waals surface area contributed by atoms with Crippen LogP contribution in [0.1, 0.15) is 296 Å². The largest absolute Gasteiger partial charge is 0.394 e. The summed E-state index contributed by atoms with van der Waals surface area (Å²) in [6.07, 6.45) is 60.8. The van der Waals surface area contributed by atoms with E-state index in [1.807, 2.05) is 6.08 Å². The molecule has 0 spiro atoms. The Balaban J connectivity index is 2.22. The van der Waals surface area contributed by atoms with Crippen LogP contribution in [0, 0.1) is 0 Å². The molecule has 0 aromatic rings. The van der Waals surface area contributed by atoms with Gasteiger partial charge in [0.2, 0.25) is 5.91 Å². The Morgan fingerprint density at radius 2 is 0.803 bits per heavy atom. The summed E-state index contributed by atoms with van der Waals surface area (Å²) in [6, 6.07) is -0.824. The Morgan fingerprint density at radius 1 is 0.465 bits per heavy atom. The fourth-order valence-electron chi connectivity index (χ4n) is 9.82. The number of aliphatic hydroxyl groups is 5. The first-order valence-electron chi connectivity index (χ1n) is 30.7. The number of amides is 1. The minimum Gasteiger partial charge on any atom is -0.394 e. The number of rotatable bonds is 53. The third-order valence-electron chi connectivity index (χ3n) is 14.7. The second-order valence-electron chi connectivity index (χ2n) is 21.5. The minimum absolute atomic E-state index is 0.186. The standard InChI is InChI=1S/C62H117NO8/c1-3-5-7-9-11-13-15-17-19-21-23-25-27-29-31-33-35-37-39-41-43-45-47-49-51-56(65)55(54-70-62-61(69)60(68)59(67)57(53-64)71-62)63-58(66)52-50-48-46-44-42-40-38-36-34-32-30-28-26-24-22-20-18-16-14-12-10-8-6-4-2/h30,32,41,43,49,51,55-57,59-62,64-65,67-69H,3-29,31,33-40,42,44-48,50,52-54H2,1-2H3,(H,63,66)/b32-30-,43-41+,51-49+. The third kappa shape index (κ3) is 41.4. The van der Waals surface area contributed by atoms with Gasteiger partial charge in [-0.1, -0.05) is 269 Å². The monoisotopic (exact) mass is 1000 g/mol. The number of hydrogen-bond donors (Lipinski definition) is 6. The van der Waals surface area contributed by atoms with Crippen LogP contribution in [-0.2, 0) is 14.3 Å². The predicted octanol–water partition coefficient (Wildman–Crippen LogP) is 15.5. The van der Waals surface area contributed by atoms with Crippen LogP contribution in [-0.4, -0.2) is 87.5 Å². The van der Waals surface area contributed by atoms with E-state index < -0.39 is 49.5 Å². The Labute approximate surface area is 438 Å².